The van der Waals surface area contributed by atoms with Crippen LogP contribution < -0.4 is 10.5 Å². The van der Waals surface area contributed by atoms with Gasteiger partial charge in [-0.25, -0.2) is 4.39 Å². The Balaban J connectivity index is 2.24. The normalized spacial score (nSPS) is 12.4. The molecule has 0 radical (unpaired) electrons. The van der Waals surface area contributed by atoms with Gasteiger partial charge in [-0.3, -0.25) is 4.68 Å². The van der Waals surface area contributed by atoms with E-state index in [0.29, 0.717) is 23.5 Å². The smallest absolute Gasteiger partial charge is 0.165 e. The highest BCUT2D eigenvalue weighted by molar-refractivity contribution is 5.38. The van der Waals surface area contributed by atoms with Crippen LogP contribution in [0, 0.1) is 5.82 Å². The zero-order valence-electron chi connectivity index (χ0n) is 11.8. The van der Waals surface area contributed by atoms with Gasteiger partial charge < -0.3 is 10.5 Å². The Labute approximate surface area is 118 Å². The molecule has 2 rings (SSSR count). The van der Waals surface area contributed by atoms with Gasteiger partial charge in [0, 0.05) is 18.2 Å². The number of aryl methyl sites for hydroxylation is 1. The molecule has 1 unspecified atom stereocenters. The van der Waals surface area contributed by atoms with Gasteiger partial charge in [0.25, 0.3) is 0 Å². The SMILES string of the molecule is CCC(N)Cc1c(F)cccc1Oc1cnn(CC)c1. The van der Waals surface area contributed by atoms with Crippen molar-refractivity contribution in [2.24, 2.45) is 5.73 Å². The first-order chi connectivity index (χ1) is 9.63. The molecule has 0 saturated carbocycles. The first-order valence-corrected chi connectivity index (χ1v) is 6.87. The number of ether oxygens (including phenoxy) is 1. The van der Waals surface area contributed by atoms with E-state index in [2.05, 4.69) is 5.10 Å². The van der Waals surface area contributed by atoms with Crippen molar-refractivity contribution in [3.05, 3.63) is 42.0 Å². The summed E-state index contributed by atoms with van der Waals surface area (Å²) in [5.41, 5.74) is 6.44. The molecule has 2 aromatic rings. The Morgan fingerprint density at radius 3 is 2.85 bits per heavy atom. The second-order valence-corrected chi connectivity index (χ2v) is 4.72. The van der Waals surface area contributed by atoms with Crippen molar-refractivity contribution in [1.82, 2.24) is 9.78 Å². The molecule has 108 valence electrons. The predicted molar refractivity (Wildman–Crippen MR) is 76.3 cm³/mol. The van der Waals surface area contributed by atoms with Crippen molar-refractivity contribution in [1.29, 1.82) is 0 Å². The summed E-state index contributed by atoms with van der Waals surface area (Å²) >= 11 is 0. The van der Waals surface area contributed by atoms with Crippen LogP contribution in [-0.4, -0.2) is 15.8 Å². The summed E-state index contributed by atoms with van der Waals surface area (Å²) in [6, 6.07) is 4.74. The predicted octanol–water partition coefficient (Wildman–Crippen LogP) is 3.11. The molecule has 0 aliphatic rings. The molecule has 4 nitrogen and oxygen atoms in total. The fourth-order valence-electron chi connectivity index (χ4n) is 1.94. The van der Waals surface area contributed by atoms with Crippen LogP contribution >= 0.6 is 0 Å². The number of halogens is 1. The van der Waals surface area contributed by atoms with Crippen LogP contribution in [0.2, 0.25) is 0 Å². The maximum Gasteiger partial charge on any atom is 0.165 e. The molecule has 5 heteroatoms. The molecule has 1 atom stereocenters. The molecule has 0 aliphatic carbocycles. The number of hydrogen-bond donors (Lipinski definition) is 1. The van der Waals surface area contributed by atoms with Crippen molar-refractivity contribution in [3.8, 4) is 11.5 Å². The fraction of sp³-hybridized carbons (Fsp3) is 0.400. The van der Waals surface area contributed by atoms with Crippen LogP contribution in [0.25, 0.3) is 0 Å². The molecular formula is C15H20FN3O. The minimum Gasteiger partial charge on any atom is -0.454 e. The van der Waals surface area contributed by atoms with E-state index in [-0.39, 0.29) is 11.9 Å². The maximum absolute atomic E-state index is 14.0. The van der Waals surface area contributed by atoms with Crippen LogP contribution in [0.1, 0.15) is 25.8 Å². The van der Waals surface area contributed by atoms with Crippen LogP contribution in [0.15, 0.2) is 30.6 Å². The Morgan fingerprint density at radius 1 is 1.40 bits per heavy atom. The molecule has 0 fully saturated rings. The lowest BCUT2D eigenvalue weighted by atomic mass is 10.0. The van der Waals surface area contributed by atoms with Gasteiger partial charge >= 0.3 is 0 Å². The van der Waals surface area contributed by atoms with Crippen LogP contribution in [0.4, 0.5) is 4.39 Å². The lowest BCUT2D eigenvalue weighted by Gasteiger charge is -2.14. The molecule has 2 N–H and O–H groups in total. The van der Waals surface area contributed by atoms with Crippen molar-refractivity contribution in [2.45, 2.75) is 39.3 Å². The monoisotopic (exact) mass is 277 g/mol. The summed E-state index contributed by atoms with van der Waals surface area (Å²) in [6.07, 6.45) is 4.66. The van der Waals surface area contributed by atoms with Crippen molar-refractivity contribution >= 4 is 0 Å². The van der Waals surface area contributed by atoms with E-state index in [4.69, 9.17) is 10.5 Å². The van der Waals surface area contributed by atoms with E-state index in [0.717, 1.165) is 13.0 Å². The number of rotatable bonds is 6. The molecule has 0 saturated heterocycles. The van der Waals surface area contributed by atoms with Gasteiger partial charge in [0.05, 0.1) is 12.4 Å². The number of hydrogen-bond acceptors (Lipinski definition) is 3. The first kappa shape index (κ1) is 14.5. The van der Waals surface area contributed by atoms with E-state index >= 15 is 0 Å². The summed E-state index contributed by atoms with van der Waals surface area (Å²) in [6.45, 7) is 4.74. The molecule has 1 aromatic carbocycles. The highest BCUT2D eigenvalue weighted by Gasteiger charge is 2.14. The van der Waals surface area contributed by atoms with E-state index in [1.165, 1.54) is 6.07 Å². The third-order valence-electron chi connectivity index (χ3n) is 3.23. The molecule has 1 aromatic heterocycles. The fourth-order valence-corrected chi connectivity index (χ4v) is 1.94. The Morgan fingerprint density at radius 2 is 2.20 bits per heavy atom. The summed E-state index contributed by atoms with van der Waals surface area (Å²) in [4.78, 5) is 0. The average molecular weight is 277 g/mol. The summed E-state index contributed by atoms with van der Waals surface area (Å²) < 4.78 is 21.5. The number of aromatic nitrogens is 2. The van der Waals surface area contributed by atoms with Gasteiger partial charge in [-0.15, -0.1) is 0 Å². The summed E-state index contributed by atoms with van der Waals surface area (Å²) in [5.74, 6) is 0.822. The van der Waals surface area contributed by atoms with Gasteiger partial charge in [-0.2, -0.15) is 5.10 Å². The van der Waals surface area contributed by atoms with Crippen molar-refractivity contribution in [2.75, 3.05) is 0 Å². The first-order valence-electron chi connectivity index (χ1n) is 6.87. The minimum atomic E-state index is -0.283. The van der Waals surface area contributed by atoms with Crippen molar-refractivity contribution < 1.29 is 9.13 Å². The van der Waals surface area contributed by atoms with E-state index < -0.39 is 0 Å². The minimum absolute atomic E-state index is 0.0763. The Hall–Kier alpha value is -1.88. The Bertz CT molecular complexity index is 568. The quantitative estimate of drug-likeness (QED) is 0.882. The second-order valence-electron chi connectivity index (χ2n) is 4.72. The highest BCUT2D eigenvalue weighted by atomic mass is 19.1. The maximum atomic E-state index is 14.0. The zero-order valence-corrected chi connectivity index (χ0v) is 11.8. The number of nitrogens with zero attached hydrogens (tertiary/aromatic N) is 2. The van der Waals surface area contributed by atoms with Crippen LogP contribution in [0.3, 0.4) is 0 Å². The topological polar surface area (TPSA) is 53.1 Å². The van der Waals surface area contributed by atoms with Gasteiger partial charge in [0.1, 0.15) is 11.6 Å². The third kappa shape index (κ3) is 3.36. The highest BCUT2D eigenvalue weighted by Crippen LogP contribution is 2.28. The number of nitrogens with two attached hydrogens (primary N) is 1. The lowest BCUT2D eigenvalue weighted by molar-refractivity contribution is 0.460. The van der Waals surface area contributed by atoms with Gasteiger partial charge in [0.15, 0.2) is 5.75 Å². The van der Waals surface area contributed by atoms with Crippen molar-refractivity contribution in [3.63, 3.8) is 0 Å². The van der Waals surface area contributed by atoms with E-state index in [1.54, 1.807) is 29.2 Å². The van der Waals surface area contributed by atoms with Crippen LogP contribution in [-0.2, 0) is 13.0 Å². The van der Waals surface area contributed by atoms with Gasteiger partial charge in [-0.1, -0.05) is 13.0 Å². The average Bonchev–Trinajstić information content (AvgIpc) is 2.90. The largest absolute Gasteiger partial charge is 0.454 e. The summed E-state index contributed by atoms with van der Waals surface area (Å²) in [7, 11) is 0. The van der Waals surface area contributed by atoms with E-state index in [1.807, 2.05) is 13.8 Å². The molecule has 0 amide bonds. The molecule has 0 bridgehead atoms. The summed E-state index contributed by atoms with van der Waals surface area (Å²) in [5, 5.41) is 4.13. The van der Waals surface area contributed by atoms with E-state index in [9.17, 15) is 4.39 Å². The van der Waals surface area contributed by atoms with Crippen LogP contribution in [0.5, 0.6) is 11.5 Å². The number of benzene rings is 1. The molecular weight excluding hydrogens is 257 g/mol. The second kappa shape index (κ2) is 6.52. The Kier molecular flexibility index (Phi) is 4.74. The zero-order chi connectivity index (χ0) is 14.5. The third-order valence-corrected chi connectivity index (χ3v) is 3.23. The molecule has 20 heavy (non-hydrogen) atoms. The molecule has 0 spiro atoms. The lowest BCUT2D eigenvalue weighted by Crippen LogP contribution is -2.22. The van der Waals surface area contributed by atoms with Gasteiger partial charge in [0.2, 0.25) is 0 Å². The molecule has 0 aliphatic heterocycles. The molecule has 1 heterocycles. The standard InChI is InChI=1S/C15H20FN3O/c1-3-11(17)8-13-14(16)6-5-7-15(13)20-12-9-18-19(4-2)10-12/h5-7,9-11H,3-4,8,17H2,1-2H3. The van der Waals surface area contributed by atoms with Gasteiger partial charge in [-0.05, 0) is 31.9 Å².